The fourth-order valence-corrected chi connectivity index (χ4v) is 3.76. The van der Waals surface area contributed by atoms with E-state index >= 15 is 0 Å². The highest BCUT2D eigenvalue weighted by molar-refractivity contribution is 5.78. The van der Waals surface area contributed by atoms with Gasteiger partial charge < -0.3 is 19.2 Å². The summed E-state index contributed by atoms with van der Waals surface area (Å²) in [6.45, 7) is 2.88. The van der Waals surface area contributed by atoms with Gasteiger partial charge in [0.1, 0.15) is 0 Å². The molecule has 8 heteroatoms. The van der Waals surface area contributed by atoms with E-state index in [1.807, 2.05) is 18.2 Å². The van der Waals surface area contributed by atoms with Gasteiger partial charge in [-0.05, 0) is 56.5 Å². The van der Waals surface area contributed by atoms with E-state index in [1.165, 1.54) is 12.8 Å². The number of aromatic nitrogens is 2. The van der Waals surface area contributed by atoms with Crippen molar-refractivity contribution in [1.29, 1.82) is 0 Å². The van der Waals surface area contributed by atoms with Gasteiger partial charge in [0.15, 0.2) is 11.5 Å². The smallest absolute Gasteiger partial charge is 0.234 e. The van der Waals surface area contributed by atoms with Crippen LogP contribution in [0.1, 0.15) is 54.9 Å². The summed E-state index contributed by atoms with van der Waals surface area (Å²) in [5.74, 6) is 3.91. The maximum absolute atomic E-state index is 12.3. The number of hydrogen-bond donors (Lipinski definition) is 1. The van der Waals surface area contributed by atoms with Gasteiger partial charge in [-0.2, -0.15) is 0 Å². The highest BCUT2D eigenvalue weighted by Crippen LogP contribution is 2.40. The summed E-state index contributed by atoms with van der Waals surface area (Å²) in [5.41, 5.74) is 0.999. The zero-order chi connectivity index (χ0) is 18.9. The molecule has 148 valence electrons. The molecule has 1 saturated carbocycles. The minimum atomic E-state index is 0.0323. The molecular formula is C20H24N4O4. The van der Waals surface area contributed by atoms with Crippen molar-refractivity contribution in [2.45, 2.75) is 44.1 Å². The van der Waals surface area contributed by atoms with Crippen molar-refractivity contribution >= 4 is 5.91 Å². The number of benzene rings is 1. The number of likely N-dealkylation sites (tertiary alicyclic amines) is 1. The lowest BCUT2D eigenvalue weighted by molar-refractivity contribution is -0.122. The van der Waals surface area contributed by atoms with Gasteiger partial charge in [0.05, 0.1) is 6.54 Å². The van der Waals surface area contributed by atoms with E-state index in [1.54, 1.807) is 0 Å². The molecule has 3 aliphatic rings. The van der Waals surface area contributed by atoms with Gasteiger partial charge in [-0.3, -0.25) is 9.69 Å². The quantitative estimate of drug-likeness (QED) is 0.816. The summed E-state index contributed by atoms with van der Waals surface area (Å²) in [7, 11) is 0. The minimum Gasteiger partial charge on any atom is -0.454 e. The first-order valence-corrected chi connectivity index (χ1v) is 9.95. The van der Waals surface area contributed by atoms with Crippen LogP contribution < -0.4 is 14.8 Å². The number of piperidine rings is 1. The van der Waals surface area contributed by atoms with Crippen molar-refractivity contribution in [3.05, 3.63) is 35.5 Å². The standard InChI is InChI=1S/C20H24N4O4/c25-18(21-10-13-1-4-16-17(9-13)27-12-26-16)11-24-7-5-15(6-8-24)20-23-22-19(28-20)14-2-3-14/h1,4,9,14-15H,2-3,5-8,10-12H2,(H,21,25). The first-order valence-electron chi connectivity index (χ1n) is 9.95. The highest BCUT2D eigenvalue weighted by atomic mass is 16.7. The summed E-state index contributed by atoms with van der Waals surface area (Å²) >= 11 is 0. The molecule has 0 bridgehead atoms. The van der Waals surface area contributed by atoms with E-state index in [0.29, 0.717) is 24.9 Å². The lowest BCUT2D eigenvalue weighted by Crippen LogP contribution is -2.41. The molecule has 28 heavy (non-hydrogen) atoms. The van der Waals surface area contributed by atoms with Crippen molar-refractivity contribution < 1.29 is 18.7 Å². The monoisotopic (exact) mass is 384 g/mol. The van der Waals surface area contributed by atoms with Gasteiger partial charge in [-0.25, -0.2) is 0 Å². The second-order valence-corrected chi connectivity index (χ2v) is 7.77. The van der Waals surface area contributed by atoms with Crippen LogP contribution in [0.4, 0.5) is 0 Å². The number of nitrogens with zero attached hydrogens (tertiary/aromatic N) is 3. The molecule has 1 aliphatic carbocycles. The molecule has 1 aromatic carbocycles. The summed E-state index contributed by atoms with van der Waals surface area (Å²) in [6.07, 6.45) is 4.23. The summed E-state index contributed by atoms with van der Waals surface area (Å²) in [4.78, 5) is 14.5. The van der Waals surface area contributed by atoms with Crippen molar-refractivity contribution in [2.75, 3.05) is 26.4 Å². The predicted octanol–water partition coefficient (Wildman–Crippen LogP) is 2.17. The number of fused-ring (bicyclic) bond motifs is 1. The molecule has 1 aromatic heterocycles. The predicted molar refractivity (Wildman–Crippen MR) is 99.1 cm³/mol. The lowest BCUT2D eigenvalue weighted by Gasteiger charge is -2.29. The Morgan fingerprint density at radius 1 is 1.04 bits per heavy atom. The Hall–Kier alpha value is -2.61. The van der Waals surface area contributed by atoms with Crippen LogP contribution in [-0.4, -0.2) is 47.4 Å². The molecule has 2 fully saturated rings. The molecule has 2 aromatic rings. The maximum Gasteiger partial charge on any atom is 0.234 e. The van der Waals surface area contributed by atoms with Crippen LogP contribution in [0.5, 0.6) is 11.5 Å². The van der Waals surface area contributed by atoms with Crippen LogP contribution in [0.3, 0.4) is 0 Å². The molecule has 1 saturated heterocycles. The highest BCUT2D eigenvalue weighted by Gasteiger charge is 2.32. The van der Waals surface area contributed by atoms with Crippen LogP contribution >= 0.6 is 0 Å². The van der Waals surface area contributed by atoms with Crippen LogP contribution in [0, 0.1) is 0 Å². The Kier molecular flexibility index (Phi) is 4.64. The zero-order valence-corrected chi connectivity index (χ0v) is 15.7. The molecule has 1 N–H and O–H groups in total. The molecule has 0 spiro atoms. The van der Waals surface area contributed by atoms with Gasteiger partial charge in [-0.1, -0.05) is 6.07 Å². The Morgan fingerprint density at radius 3 is 2.50 bits per heavy atom. The fourth-order valence-electron chi connectivity index (χ4n) is 3.76. The third-order valence-corrected chi connectivity index (χ3v) is 5.61. The topological polar surface area (TPSA) is 89.7 Å². The Morgan fingerprint density at radius 2 is 1.75 bits per heavy atom. The summed E-state index contributed by atoms with van der Waals surface area (Å²) in [5, 5.41) is 11.4. The van der Waals surface area contributed by atoms with Gasteiger partial charge >= 0.3 is 0 Å². The zero-order valence-electron chi connectivity index (χ0n) is 15.7. The molecule has 0 radical (unpaired) electrons. The number of rotatable bonds is 6. The van der Waals surface area contributed by atoms with E-state index in [0.717, 1.165) is 54.8 Å². The maximum atomic E-state index is 12.3. The molecule has 5 rings (SSSR count). The van der Waals surface area contributed by atoms with Gasteiger partial charge in [-0.15, -0.1) is 10.2 Å². The van der Waals surface area contributed by atoms with Crippen LogP contribution in [0.2, 0.25) is 0 Å². The first-order chi connectivity index (χ1) is 13.7. The number of hydrogen-bond acceptors (Lipinski definition) is 7. The average molecular weight is 384 g/mol. The number of amides is 1. The number of carbonyl (C=O) groups excluding carboxylic acids is 1. The van der Waals surface area contributed by atoms with Crippen molar-refractivity contribution in [3.63, 3.8) is 0 Å². The van der Waals surface area contributed by atoms with E-state index < -0.39 is 0 Å². The Bertz CT molecular complexity index is 856. The second kappa shape index (κ2) is 7.43. The van der Waals surface area contributed by atoms with E-state index in [4.69, 9.17) is 13.9 Å². The minimum absolute atomic E-state index is 0.0323. The third-order valence-electron chi connectivity index (χ3n) is 5.61. The Balaban J connectivity index is 1.07. The van der Waals surface area contributed by atoms with Crippen molar-refractivity contribution in [1.82, 2.24) is 20.4 Å². The Labute approximate surface area is 163 Å². The summed E-state index contributed by atoms with van der Waals surface area (Å²) < 4.78 is 16.5. The van der Waals surface area contributed by atoms with Crippen LogP contribution in [0.15, 0.2) is 22.6 Å². The lowest BCUT2D eigenvalue weighted by atomic mass is 9.97. The van der Waals surface area contributed by atoms with Gasteiger partial charge in [0.2, 0.25) is 24.5 Å². The SMILES string of the molecule is O=C(CN1CCC(c2nnc(C3CC3)o2)CC1)NCc1ccc2c(c1)OCO2. The fraction of sp³-hybridized carbons (Fsp3) is 0.550. The van der Waals surface area contributed by atoms with E-state index in [-0.39, 0.29) is 12.7 Å². The van der Waals surface area contributed by atoms with E-state index in [9.17, 15) is 4.79 Å². The number of carbonyl (C=O) groups is 1. The van der Waals surface area contributed by atoms with Crippen molar-refractivity contribution in [3.8, 4) is 11.5 Å². The molecule has 2 aliphatic heterocycles. The molecule has 0 unspecified atom stereocenters. The third kappa shape index (κ3) is 3.82. The molecular weight excluding hydrogens is 360 g/mol. The summed E-state index contributed by atoms with van der Waals surface area (Å²) in [6, 6.07) is 5.73. The normalized spacial score (nSPS) is 19.7. The second-order valence-electron chi connectivity index (χ2n) is 7.77. The van der Waals surface area contributed by atoms with Crippen molar-refractivity contribution in [2.24, 2.45) is 0 Å². The average Bonchev–Trinajstić information content (AvgIpc) is 3.26. The van der Waals surface area contributed by atoms with Gasteiger partial charge in [0, 0.05) is 18.4 Å². The molecule has 8 nitrogen and oxygen atoms in total. The van der Waals surface area contributed by atoms with Crippen LogP contribution in [-0.2, 0) is 11.3 Å². The largest absolute Gasteiger partial charge is 0.454 e. The molecule has 3 heterocycles. The van der Waals surface area contributed by atoms with Crippen LogP contribution in [0.25, 0.3) is 0 Å². The van der Waals surface area contributed by atoms with E-state index in [2.05, 4.69) is 20.4 Å². The number of ether oxygens (including phenoxy) is 2. The molecule has 0 atom stereocenters. The first kappa shape index (κ1) is 17.5. The molecule has 1 amide bonds. The number of nitrogens with one attached hydrogen (secondary N) is 1. The van der Waals surface area contributed by atoms with Gasteiger partial charge in [0.25, 0.3) is 0 Å².